The van der Waals surface area contributed by atoms with Crippen molar-refractivity contribution in [3.05, 3.63) is 42.5 Å². The van der Waals surface area contributed by atoms with E-state index in [1.165, 1.54) is 44.0 Å². The molecule has 0 bridgehead atoms. The third kappa shape index (κ3) is 4.57. The average Bonchev–Trinajstić information content (AvgIpc) is 3.09. The van der Waals surface area contributed by atoms with Crippen LogP contribution in [0.3, 0.4) is 0 Å². The van der Waals surface area contributed by atoms with Crippen LogP contribution in [0.25, 0.3) is 0 Å². The molecule has 2 amide bonds. The molecule has 128 valence electrons. The van der Waals surface area contributed by atoms with Crippen molar-refractivity contribution in [2.75, 3.05) is 5.32 Å². The Labute approximate surface area is 142 Å². The van der Waals surface area contributed by atoms with Crippen molar-refractivity contribution in [2.45, 2.75) is 57.5 Å². The summed E-state index contributed by atoms with van der Waals surface area (Å²) in [5, 5.41) is 9.83. The largest absolute Gasteiger partial charge is 0.334 e. The summed E-state index contributed by atoms with van der Waals surface area (Å²) in [7, 11) is 0. The second kappa shape index (κ2) is 7.95. The maximum Gasteiger partial charge on any atom is 0.319 e. The lowest BCUT2D eigenvalue weighted by Crippen LogP contribution is -2.38. The average molecular weight is 327 g/mol. The molecule has 0 unspecified atom stereocenters. The van der Waals surface area contributed by atoms with Crippen LogP contribution in [0, 0.1) is 0 Å². The Morgan fingerprint density at radius 3 is 2.67 bits per heavy atom. The number of nitrogens with zero attached hydrogens (tertiary/aromatic N) is 3. The summed E-state index contributed by atoms with van der Waals surface area (Å²) < 4.78 is 1.70. The van der Waals surface area contributed by atoms with E-state index in [9.17, 15) is 4.79 Å². The van der Waals surface area contributed by atoms with Gasteiger partial charge in [-0.05, 0) is 43.4 Å². The normalized spacial score (nSPS) is 16.5. The monoisotopic (exact) mass is 327 g/mol. The van der Waals surface area contributed by atoms with Crippen molar-refractivity contribution in [1.29, 1.82) is 0 Å². The van der Waals surface area contributed by atoms with Crippen LogP contribution < -0.4 is 10.6 Å². The first-order valence-corrected chi connectivity index (χ1v) is 8.70. The van der Waals surface area contributed by atoms with Gasteiger partial charge in [0.15, 0.2) is 0 Å². The molecule has 3 rings (SSSR count). The molecule has 6 nitrogen and oxygen atoms in total. The standard InChI is InChI=1S/C18H25N5O/c1-14(11-23-13-19-12-20-23)21-18(24)22-17-9-7-16(8-10-17)15-5-3-2-4-6-15/h7-10,12-15H,2-6,11H2,1H3,(H2,21,22,24)/t14-/m1/s1. The molecule has 1 aromatic heterocycles. The van der Waals surface area contributed by atoms with Gasteiger partial charge in [0.05, 0.1) is 6.54 Å². The molecule has 6 heteroatoms. The Morgan fingerprint density at radius 2 is 2.00 bits per heavy atom. The van der Waals surface area contributed by atoms with Gasteiger partial charge in [0, 0.05) is 11.7 Å². The number of hydrogen-bond acceptors (Lipinski definition) is 3. The van der Waals surface area contributed by atoms with E-state index >= 15 is 0 Å². The summed E-state index contributed by atoms with van der Waals surface area (Å²) in [4.78, 5) is 16.0. The molecule has 2 N–H and O–H groups in total. The minimum atomic E-state index is -0.201. The van der Waals surface area contributed by atoms with Crippen molar-refractivity contribution in [3.63, 3.8) is 0 Å². The quantitative estimate of drug-likeness (QED) is 0.882. The van der Waals surface area contributed by atoms with Gasteiger partial charge in [-0.2, -0.15) is 5.10 Å². The van der Waals surface area contributed by atoms with Gasteiger partial charge in [0.25, 0.3) is 0 Å². The van der Waals surface area contributed by atoms with E-state index in [0.717, 1.165) is 5.69 Å². The second-order valence-corrected chi connectivity index (χ2v) is 6.57. The molecule has 24 heavy (non-hydrogen) atoms. The van der Waals surface area contributed by atoms with E-state index in [1.807, 2.05) is 19.1 Å². The predicted molar refractivity (Wildman–Crippen MR) is 93.9 cm³/mol. The Balaban J connectivity index is 1.48. The first-order chi connectivity index (χ1) is 11.7. The van der Waals surface area contributed by atoms with Gasteiger partial charge in [0.1, 0.15) is 12.7 Å². The zero-order valence-electron chi connectivity index (χ0n) is 14.1. The van der Waals surface area contributed by atoms with E-state index in [2.05, 4.69) is 32.8 Å². The molecule has 1 saturated carbocycles. The van der Waals surface area contributed by atoms with Gasteiger partial charge >= 0.3 is 6.03 Å². The first-order valence-electron chi connectivity index (χ1n) is 8.70. The van der Waals surface area contributed by atoms with Gasteiger partial charge in [0.2, 0.25) is 0 Å². The van der Waals surface area contributed by atoms with Crippen molar-refractivity contribution < 1.29 is 4.79 Å². The first kappa shape index (κ1) is 16.5. The van der Waals surface area contributed by atoms with Crippen molar-refractivity contribution >= 4 is 11.7 Å². The molecule has 0 aliphatic heterocycles. The lowest BCUT2D eigenvalue weighted by atomic mass is 9.84. The minimum absolute atomic E-state index is 0.0341. The Kier molecular flexibility index (Phi) is 5.46. The molecule has 1 heterocycles. The number of anilines is 1. The molecule has 1 fully saturated rings. The number of carbonyl (C=O) groups excluding carboxylic acids is 1. The van der Waals surface area contributed by atoms with Crippen LogP contribution in [-0.2, 0) is 6.54 Å². The third-order valence-corrected chi connectivity index (χ3v) is 4.55. The fraction of sp³-hybridized carbons (Fsp3) is 0.500. The Hall–Kier alpha value is -2.37. The summed E-state index contributed by atoms with van der Waals surface area (Å²) in [5.41, 5.74) is 2.21. The van der Waals surface area contributed by atoms with Crippen LogP contribution in [-0.4, -0.2) is 26.8 Å². The van der Waals surface area contributed by atoms with E-state index in [0.29, 0.717) is 12.5 Å². The number of urea groups is 1. The number of amides is 2. The van der Waals surface area contributed by atoms with Crippen molar-refractivity contribution in [1.82, 2.24) is 20.1 Å². The molecule has 0 spiro atoms. The van der Waals surface area contributed by atoms with Crippen LogP contribution in [0.2, 0.25) is 0 Å². The number of rotatable bonds is 5. The summed E-state index contributed by atoms with van der Waals surface area (Å²) in [6, 6.07) is 8.03. The SMILES string of the molecule is C[C@H](Cn1cncn1)NC(=O)Nc1ccc(C2CCCCC2)cc1. The summed E-state index contributed by atoms with van der Waals surface area (Å²) in [6.07, 6.45) is 9.72. The van der Waals surface area contributed by atoms with Gasteiger partial charge in [-0.15, -0.1) is 0 Å². The van der Waals surface area contributed by atoms with Crippen LogP contribution in [0.5, 0.6) is 0 Å². The van der Waals surface area contributed by atoms with Gasteiger partial charge in [-0.3, -0.25) is 4.68 Å². The maximum atomic E-state index is 12.1. The zero-order chi connectivity index (χ0) is 16.8. The summed E-state index contributed by atoms with van der Waals surface area (Å²) >= 11 is 0. The molecule has 0 saturated heterocycles. The van der Waals surface area contributed by atoms with Crippen LogP contribution >= 0.6 is 0 Å². The lowest BCUT2D eigenvalue weighted by molar-refractivity contribution is 0.247. The van der Waals surface area contributed by atoms with E-state index in [-0.39, 0.29) is 12.1 Å². The number of carbonyl (C=O) groups is 1. The van der Waals surface area contributed by atoms with Gasteiger partial charge in [-0.25, -0.2) is 9.78 Å². The van der Waals surface area contributed by atoms with Gasteiger partial charge < -0.3 is 10.6 Å². The predicted octanol–water partition coefficient (Wildman–Crippen LogP) is 3.54. The van der Waals surface area contributed by atoms with Gasteiger partial charge in [-0.1, -0.05) is 31.4 Å². The van der Waals surface area contributed by atoms with Crippen LogP contribution in [0.4, 0.5) is 10.5 Å². The molecule has 0 radical (unpaired) electrons. The fourth-order valence-corrected chi connectivity index (χ4v) is 3.32. The van der Waals surface area contributed by atoms with Crippen molar-refractivity contribution in [3.8, 4) is 0 Å². The number of aromatic nitrogens is 3. The molecule has 1 aromatic carbocycles. The van der Waals surface area contributed by atoms with Crippen LogP contribution in [0.1, 0.15) is 50.5 Å². The summed E-state index contributed by atoms with van der Waals surface area (Å²) in [6.45, 7) is 2.53. The Bertz CT molecular complexity index is 632. The number of hydrogen-bond donors (Lipinski definition) is 2. The molecular weight excluding hydrogens is 302 g/mol. The van der Waals surface area contributed by atoms with Crippen molar-refractivity contribution in [2.24, 2.45) is 0 Å². The molecular formula is C18H25N5O. The highest BCUT2D eigenvalue weighted by molar-refractivity contribution is 5.89. The highest BCUT2D eigenvalue weighted by atomic mass is 16.2. The lowest BCUT2D eigenvalue weighted by Gasteiger charge is -2.22. The maximum absolute atomic E-state index is 12.1. The van der Waals surface area contributed by atoms with E-state index < -0.39 is 0 Å². The topological polar surface area (TPSA) is 71.8 Å². The Morgan fingerprint density at radius 1 is 1.25 bits per heavy atom. The molecule has 1 aliphatic carbocycles. The van der Waals surface area contributed by atoms with E-state index in [4.69, 9.17) is 0 Å². The zero-order valence-corrected chi connectivity index (χ0v) is 14.1. The molecule has 2 aromatic rings. The number of nitrogens with one attached hydrogen (secondary N) is 2. The summed E-state index contributed by atoms with van der Waals surface area (Å²) in [5.74, 6) is 0.685. The smallest absolute Gasteiger partial charge is 0.319 e. The third-order valence-electron chi connectivity index (χ3n) is 4.55. The second-order valence-electron chi connectivity index (χ2n) is 6.57. The molecule has 1 atom stereocenters. The highest BCUT2D eigenvalue weighted by Crippen LogP contribution is 2.32. The highest BCUT2D eigenvalue weighted by Gasteiger charge is 2.15. The van der Waals surface area contributed by atoms with Crippen LogP contribution in [0.15, 0.2) is 36.9 Å². The minimum Gasteiger partial charge on any atom is -0.334 e. The molecule has 1 aliphatic rings. The number of benzene rings is 1. The van der Waals surface area contributed by atoms with E-state index in [1.54, 1.807) is 11.0 Å². The fourth-order valence-electron chi connectivity index (χ4n) is 3.32.